The van der Waals surface area contributed by atoms with Gasteiger partial charge in [-0.25, -0.2) is 9.18 Å². The smallest absolute Gasteiger partial charge is 0.337 e. The fraction of sp³-hybridized carbons (Fsp3) is 0.444. The molecule has 8 heteroatoms. The van der Waals surface area contributed by atoms with E-state index in [0.29, 0.717) is 22.9 Å². The van der Waals surface area contributed by atoms with Crippen molar-refractivity contribution in [2.45, 2.75) is 19.4 Å². The Bertz CT molecular complexity index is 719. The highest BCUT2D eigenvalue weighted by Crippen LogP contribution is 2.36. The minimum atomic E-state index is -0.792. The largest absolute Gasteiger partial charge is 0.466 e. The molecule has 0 spiro atoms. The Kier molecular flexibility index (Phi) is 6.97. The lowest BCUT2D eigenvalue weighted by Crippen LogP contribution is -3.05. The summed E-state index contributed by atoms with van der Waals surface area (Å²) in [6.07, 6.45) is 0.890. The van der Waals surface area contributed by atoms with Gasteiger partial charge in [-0.3, -0.25) is 0 Å². The summed E-state index contributed by atoms with van der Waals surface area (Å²) in [4.78, 5) is 15.6. The minimum Gasteiger partial charge on any atom is -0.466 e. The van der Waals surface area contributed by atoms with Gasteiger partial charge in [-0.15, -0.1) is 0 Å². The van der Waals surface area contributed by atoms with E-state index in [1.807, 2.05) is 4.90 Å². The summed E-state index contributed by atoms with van der Waals surface area (Å²) in [6.45, 7) is 3.41. The second kappa shape index (κ2) is 8.79. The zero-order valence-corrected chi connectivity index (χ0v) is 16.9. The molecule has 2 rings (SSSR count). The quantitative estimate of drug-likeness (QED) is 0.562. The molecule has 0 radical (unpaired) electrons. The summed E-state index contributed by atoms with van der Waals surface area (Å²) >= 11 is 11.7. The van der Waals surface area contributed by atoms with Crippen molar-refractivity contribution < 1.29 is 18.8 Å². The van der Waals surface area contributed by atoms with Crippen molar-refractivity contribution in [2.24, 2.45) is 0 Å². The van der Waals surface area contributed by atoms with Crippen LogP contribution in [-0.2, 0) is 9.53 Å². The Morgan fingerprint density at radius 2 is 2.15 bits per heavy atom. The number of carbonyl (C=O) groups excluding carboxylic acids is 1. The van der Waals surface area contributed by atoms with Crippen molar-refractivity contribution in [1.82, 2.24) is 10.2 Å². The van der Waals surface area contributed by atoms with Gasteiger partial charge >= 0.3 is 5.97 Å². The molecule has 0 aromatic heterocycles. The Morgan fingerprint density at radius 3 is 2.73 bits per heavy atom. The first kappa shape index (κ1) is 20.6. The van der Waals surface area contributed by atoms with Crippen LogP contribution in [-0.4, -0.2) is 50.3 Å². The lowest BCUT2D eigenvalue weighted by Gasteiger charge is -2.37. The molecule has 0 aliphatic carbocycles. The maximum atomic E-state index is 14.5. The Morgan fingerprint density at radius 1 is 1.46 bits per heavy atom. The number of halogens is 2. The number of rotatable bonds is 6. The molecule has 26 heavy (non-hydrogen) atoms. The molecule has 1 aromatic carbocycles. The number of allylic oxidation sites excluding steroid dienone is 1. The van der Waals surface area contributed by atoms with Crippen LogP contribution in [0.1, 0.15) is 24.9 Å². The summed E-state index contributed by atoms with van der Waals surface area (Å²) in [5.41, 5.74) is 1.15. The third-order valence-corrected chi connectivity index (χ3v) is 5.02. The third kappa shape index (κ3) is 4.34. The number of ether oxygens (including phenoxy) is 1. The number of esters is 1. The van der Waals surface area contributed by atoms with Crippen LogP contribution in [0.2, 0.25) is 5.02 Å². The number of carbonyl (C=O) groups is 1. The third-order valence-electron chi connectivity index (χ3n) is 4.35. The molecule has 0 saturated carbocycles. The first-order valence-electron chi connectivity index (χ1n) is 8.38. The van der Waals surface area contributed by atoms with Gasteiger partial charge in [0.1, 0.15) is 5.82 Å². The molecule has 1 heterocycles. The van der Waals surface area contributed by atoms with Crippen molar-refractivity contribution in [1.29, 1.82) is 0 Å². The van der Waals surface area contributed by atoms with Crippen LogP contribution in [0.3, 0.4) is 0 Å². The summed E-state index contributed by atoms with van der Waals surface area (Å²) < 4.78 is 19.4. The second-order valence-electron chi connectivity index (χ2n) is 6.47. The van der Waals surface area contributed by atoms with Crippen LogP contribution in [0, 0.1) is 5.82 Å². The highest BCUT2D eigenvalue weighted by atomic mass is 35.5. The highest BCUT2D eigenvalue weighted by Gasteiger charge is 2.36. The molecule has 0 fully saturated rings. The van der Waals surface area contributed by atoms with Gasteiger partial charge in [-0.05, 0) is 31.3 Å². The summed E-state index contributed by atoms with van der Waals surface area (Å²) in [5.74, 6) is -1.04. The molecule has 5 nitrogen and oxygen atoms in total. The zero-order chi connectivity index (χ0) is 19.4. The van der Waals surface area contributed by atoms with Crippen molar-refractivity contribution in [3.8, 4) is 0 Å². The lowest BCUT2D eigenvalue weighted by atomic mass is 9.94. The average molecular weight is 401 g/mol. The monoisotopic (exact) mass is 400 g/mol. The topological polar surface area (TPSA) is 46.0 Å². The highest BCUT2D eigenvalue weighted by molar-refractivity contribution is 7.80. The summed E-state index contributed by atoms with van der Waals surface area (Å²) in [5, 5.41) is 3.73. The molecular formula is C18H24ClFN3O2S+. The van der Waals surface area contributed by atoms with Gasteiger partial charge in [0.05, 0.1) is 39.4 Å². The molecule has 1 aliphatic rings. The number of quaternary nitrogens is 1. The van der Waals surface area contributed by atoms with Crippen molar-refractivity contribution >= 4 is 34.9 Å². The van der Waals surface area contributed by atoms with Crippen LogP contribution < -0.4 is 10.2 Å². The van der Waals surface area contributed by atoms with E-state index in [2.05, 4.69) is 19.4 Å². The van der Waals surface area contributed by atoms with Crippen LogP contribution in [0.25, 0.3) is 0 Å². The molecule has 142 valence electrons. The number of benzene rings is 1. The zero-order valence-electron chi connectivity index (χ0n) is 15.4. The SMILES string of the molecule is COC(=O)C1=C(C)N(CCC[NH+](C)C)C(=S)N[C@@H]1c1c(F)cccc1Cl. The van der Waals surface area contributed by atoms with Gasteiger partial charge in [-0.1, -0.05) is 17.7 Å². The fourth-order valence-electron chi connectivity index (χ4n) is 3.02. The molecule has 2 N–H and O–H groups in total. The van der Waals surface area contributed by atoms with E-state index in [-0.39, 0.29) is 10.6 Å². The van der Waals surface area contributed by atoms with Gasteiger partial charge in [-0.2, -0.15) is 0 Å². The predicted molar refractivity (Wildman–Crippen MR) is 104 cm³/mol. The Labute approximate surface area is 163 Å². The number of methoxy groups -OCH3 is 1. The van der Waals surface area contributed by atoms with E-state index < -0.39 is 17.8 Å². The van der Waals surface area contributed by atoms with E-state index in [9.17, 15) is 9.18 Å². The van der Waals surface area contributed by atoms with Gasteiger partial charge in [0.25, 0.3) is 0 Å². The fourth-order valence-corrected chi connectivity index (χ4v) is 3.64. The first-order valence-corrected chi connectivity index (χ1v) is 9.16. The molecule has 0 amide bonds. The van der Waals surface area contributed by atoms with Gasteiger partial charge in [0.2, 0.25) is 0 Å². The molecule has 1 aliphatic heterocycles. The van der Waals surface area contributed by atoms with E-state index in [4.69, 9.17) is 28.6 Å². The predicted octanol–water partition coefficient (Wildman–Crippen LogP) is 1.69. The number of nitrogens with one attached hydrogen (secondary N) is 2. The second-order valence-corrected chi connectivity index (χ2v) is 7.26. The van der Waals surface area contributed by atoms with Crippen molar-refractivity contribution in [3.63, 3.8) is 0 Å². The number of hydrogen-bond donors (Lipinski definition) is 2. The van der Waals surface area contributed by atoms with E-state index in [1.165, 1.54) is 24.1 Å². The van der Waals surface area contributed by atoms with E-state index >= 15 is 0 Å². The first-order chi connectivity index (χ1) is 12.3. The number of thiocarbonyl (C=S) groups is 1. The molecule has 0 saturated heterocycles. The lowest BCUT2D eigenvalue weighted by molar-refractivity contribution is -0.858. The number of hydrogen-bond acceptors (Lipinski definition) is 3. The standard InChI is InChI=1S/C18H23ClFN3O2S/c1-11-14(17(24)25-4)16(15-12(19)7-5-8-13(15)20)21-18(26)23(11)10-6-9-22(2)3/h5,7-8,16H,6,9-10H2,1-4H3,(H,21,26)/p+1/t16-/m0/s1. The van der Waals surface area contributed by atoms with Gasteiger partial charge in [0.15, 0.2) is 5.11 Å². The minimum absolute atomic E-state index is 0.189. The molecule has 0 bridgehead atoms. The Hall–Kier alpha value is -1.70. The normalized spacial score (nSPS) is 17.6. The summed E-state index contributed by atoms with van der Waals surface area (Å²) in [7, 11) is 5.45. The van der Waals surface area contributed by atoms with Crippen LogP contribution in [0.5, 0.6) is 0 Å². The summed E-state index contributed by atoms with van der Waals surface area (Å²) in [6, 6.07) is 3.62. The maximum absolute atomic E-state index is 14.5. The van der Waals surface area contributed by atoms with Gasteiger partial charge < -0.3 is 19.9 Å². The van der Waals surface area contributed by atoms with E-state index in [0.717, 1.165) is 13.0 Å². The Balaban J connectivity index is 2.46. The average Bonchev–Trinajstić information content (AvgIpc) is 2.56. The maximum Gasteiger partial charge on any atom is 0.337 e. The molecule has 1 atom stereocenters. The molecule has 0 unspecified atom stereocenters. The van der Waals surface area contributed by atoms with Crippen molar-refractivity contribution in [3.05, 3.63) is 45.9 Å². The van der Waals surface area contributed by atoms with Gasteiger partial charge in [0, 0.05) is 29.2 Å². The number of nitrogens with zero attached hydrogens (tertiary/aromatic N) is 1. The van der Waals surface area contributed by atoms with Crippen molar-refractivity contribution in [2.75, 3.05) is 34.3 Å². The molecular weight excluding hydrogens is 377 g/mol. The van der Waals surface area contributed by atoms with Crippen LogP contribution in [0.15, 0.2) is 29.5 Å². The van der Waals surface area contributed by atoms with E-state index in [1.54, 1.807) is 13.0 Å². The molecule has 1 aromatic rings. The van der Waals surface area contributed by atoms with Crippen LogP contribution in [0.4, 0.5) is 4.39 Å². The van der Waals surface area contributed by atoms with Crippen LogP contribution >= 0.6 is 23.8 Å².